The number of carbonyl (C=O) groups is 1. The minimum absolute atomic E-state index is 0.0670. The summed E-state index contributed by atoms with van der Waals surface area (Å²) in [6.07, 6.45) is 5.02. The first-order valence-corrected chi connectivity index (χ1v) is 12.8. The lowest BCUT2D eigenvalue weighted by Gasteiger charge is -2.25. The topological polar surface area (TPSA) is 99.7 Å². The van der Waals surface area contributed by atoms with Gasteiger partial charge in [-0.2, -0.15) is 0 Å². The molecule has 4 heterocycles. The van der Waals surface area contributed by atoms with Crippen LogP contribution in [0.1, 0.15) is 53.7 Å². The number of imidazole rings is 1. The number of hydrogen-bond donors (Lipinski definition) is 2. The Morgan fingerprint density at radius 1 is 1.11 bits per heavy atom. The molecule has 1 amide bonds. The molecule has 3 aromatic heterocycles. The number of rotatable bonds is 5. The third-order valence-corrected chi connectivity index (χ3v) is 7.27. The van der Waals surface area contributed by atoms with Crippen molar-refractivity contribution in [1.82, 2.24) is 29.8 Å². The molecule has 0 aliphatic carbocycles. The number of aromatic nitrogens is 5. The van der Waals surface area contributed by atoms with Crippen molar-refractivity contribution in [3.05, 3.63) is 88.2 Å². The van der Waals surface area contributed by atoms with Crippen LogP contribution in [-0.4, -0.2) is 42.3 Å². The molecule has 0 spiro atoms. The largest absolute Gasteiger partial charge is 0.360 e. The number of carbonyl (C=O) groups excluding carboxylic acids is 1. The van der Waals surface area contributed by atoms with E-state index in [9.17, 15) is 4.79 Å². The number of H-pyrrole nitrogens is 1. The fraction of sp³-hybridized carbons (Fsp3) is 0.222. The van der Waals surface area contributed by atoms with E-state index in [-0.39, 0.29) is 18.0 Å². The Labute approximate surface area is 223 Å². The summed E-state index contributed by atoms with van der Waals surface area (Å²) in [5.74, 6) is 1.23. The number of anilines is 1. The van der Waals surface area contributed by atoms with Gasteiger partial charge in [0.2, 0.25) is 0 Å². The van der Waals surface area contributed by atoms with E-state index in [2.05, 4.69) is 30.2 Å². The standard InChI is InChI=1S/C27H23Cl2N7O/c1-15(25-34-20-8-7-16(28)11-23(20)35-25)33-26-18-12-19(29)17(13-22(18)31-14-32-26)27(37)36-10-4-6-24(36)21-5-2-3-9-30-21/h2-3,5,7-9,11-15,24H,4,6,10H2,1H3,(H,34,35)(H,31,32,33)/t15-,24-/m0/s1. The molecule has 2 atom stereocenters. The second-order valence-corrected chi connectivity index (χ2v) is 9.98. The molecule has 0 bridgehead atoms. The van der Waals surface area contributed by atoms with E-state index in [4.69, 9.17) is 23.2 Å². The quantitative estimate of drug-likeness (QED) is 0.273. The lowest BCUT2D eigenvalue weighted by atomic mass is 10.1. The van der Waals surface area contributed by atoms with Crippen molar-refractivity contribution in [3.8, 4) is 0 Å². The highest BCUT2D eigenvalue weighted by Crippen LogP contribution is 2.35. The average molecular weight is 532 g/mol. The van der Waals surface area contributed by atoms with Crippen molar-refractivity contribution in [2.45, 2.75) is 31.8 Å². The molecule has 37 heavy (non-hydrogen) atoms. The molecule has 0 unspecified atom stereocenters. The van der Waals surface area contributed by atoms with Gasteiger partial charge in [-0.05, 0) is 62.2 Å². The molecule has 186 valence electrons. The van der Waals surface area contributed by atoms with Crippen LogP contribution in [0.5, 0.6) is 0 Å². The van der Waals surface area contributed by atoms with Crippen molar-refractivity contribution in [3.63, 3.8) is 0 Å². The Kier molecular flexibility index (Phi) is 6.14. The summed E-state index contributed by atoms with van der Waals surface area (Å²) in [4.78, 5) is 36.7. The normalized spacial score (nSPS) is 16.4. The van der Waals surface area contributed by atoms with Crippen LogP contribution in [0.15, 0.2) is 61.1 Å². The summed E-state index contributed by atoms with van der Waals surface area (Å²) in [5.41, 5.74) is 3.63. The van der Waals surface area contributed by atoms with Gasteiger partial charge in [0, 0.05) is 23.2 Å². The zero-order valence-electron chi connectivity index (χ0n) is 19.9. The first-order chi connectivity index (χ1) is 18.0. The smallest absolute Gasteiger partial charge is 0.256 e. The predicted molar refractivity (Wildman–Crippen MR) is 145 cm³/mol. The molecule has 1 fully saturated rings. The van der Waals surface area contributed by atoms with Crippen LogP contribution in [0.3, 0.4) is 0 Å². The molecule has 2 aromatic carbocycles. The zero-order chi connectivity index (χ0) is 25.5. The van der Waals surface area contributed by atoms with Crippen LogP contribution in [0.2, 0.25) is 10.0 Å². The number of nitrogens with one attached hydrogen (secondary N) is 2. The zero-order valence-corrected chi connectivity index (χ0v) is 21.5. The van der Waals surface area contributed by atoms with Gasteiger partial charge in [-0.25, -0.2) is 15.0 Å². The minimum atomic E-state index is -0.187. The van der Waals surface area contributed by atoms with E-state index >= 15 is 0 Å². The van der Waals surface area contributed by atoms with Gasteiger partial charge in [-0.1, -0.05) is 29.3 Å². The molecule has 1 saturated heterocycles. The van der Waals surface area contributed by atoms with E-state index in [1.54, 1.807) is 18.3 Å². The maximum absolute atomic E-state index is 13.6. The predicted octanol–water partition coefficient (Wildman–Crippen LogP) is 6.36. The second kappa shape index (κ2) is 9.61. The van der Waals surface area contributed by atoms with E-state index in [0.29, 0.717) is 33.5 Å². The fourth-order valence-electron chi connectivity index (χ4n) is 4.88. The van der Waals surface area contributed by atoms with Crippen LogP contribution < -0.4 is 5.32 Å². The number of benzene rings is 2. The third-order valence-electron chi connectivity index (χ3n) is 6.72. The van der Waals surface area contributed by atoms with Gasteiger partial charge in [-0.3, -0.25) is 9.78 Å². The monoisotopic (exact) mass is 531 g/mol. The Balaban J connectivity index is 1.29. The fourth-order valence-corrected chi connectivity index (χ4v) is 5.29. The average Bonchev–Trinajstić information content (AvgIpc) is 3.56. The second-order valence-electron chi connectivity index (χ2n) is 9.13. The van der Waals surface area contributed by atoms with Crippen LogP contribution in [0, 0.1) is 0 Å². The molecule has 10 heteroatoms. The molecule has 0 saturated carbocycles. The number of halogens is 2. The molecule has 8 nitrogen and oxygen atoms in total. The third kappa shape index (κ3) is 4.47. The van der Waals surface area contributed by atoms with E-state index in [1.165, 1.54) is 6.33 Å². The highest BCUT2D eigenvalue weighted by Gasteiger charge is 2.32. The van der Waals surface area contributed by atoms with Crippen LogP contribution in [0.25, 0.3) is 21.9 Å². The number of pyridine rings is 1. The summed E-state index contributed by atoms with van der Waals surface area (Å²) >= 11 is 12.8. The van der Waals surface area contributed by atoms with Gasteiger partial charge in [0.25, 0.3) is 5.91 Å². The van der Waals surface area contributed by atoms with E-state index in [1.807, 2.05) is 48.2 Å². The Morgan fingerprint density at radius 3 is 2.84 bits per heavy atom. The summed E-state index contributed by atoms with van der Waals surface area (Å²) in [6, 6.07) is 14.6. The number of fused-ring (bicyclic) bond motifs is 2. The molecule has 5 aromatic rings. The highest BCUT2D eigenvalue weighted by atomic mass is 35.5. The van der Waals surface area contributed by atoms with Gasteiger partial charge >= 0.3 is 0 Å². The van der Waals surface area contributed by atoms with Crippen molar-refractivity contribution in [2.75, 3.05) is 11.9 Å². The van der Waals surface area contributed by atoms with Crippen molar-refractivity contribution in [2.24, 2.45) is 0 Å². The lowest BCUT2D eigenvalue weighted by molar-refractivity contribution is 0.0733. The van der Waals surface area contributed by atoms with Crippen molar-refractivity contribution >= 4 is 56.9 Å². The number of likely N-dealkylation sites (tertiary alicyclic amines) is 1. The first-order valence-electron chi connectivity index (χ1n) is 12.1. The summed E-state index contributed by atoms with van der Waals surface area (Å²) < 4.78 is 0. The minimum Gasteiger partial charge on any atom is -0.360 e. The molecule has 1 aliphatic heterocycles. The molecule has 1 aliphatic rings. The van der Waals surface area contributed by atoms with Crippen LogP contribution in [0.4, 0.5) is 5.82 Å². The number of hydrogen-bond acceptors (Lipinski definition) is 6. The molecular formula is C27H23Cl2N7O. The van der Waals surface area contributed by atoms with E-state index in [0.717, 1.165) is 40.8 Å². The van der Waals surface area contributed by atoms with Gasteiger partial charge in [0.15, 0.2) is 0 Å². The highest BCUT2D eigenvalue weighted by molar-refractivity contribution is 6.35. The maximum atomic E-state index is 13.6. The molecule has 2 N–H and O–H groups in total. The Bertz CT molecular complexity index is 1620. The SMILES string of the molecule is C[C@H](Nc1ncnc2cc(C(=O)N3CCC[C@H]3c3ccccn3)c(Cl)cc12)c1nc2cc(Cl)ccc2[nH]1. The number of aromatic amines is 1. The van der Waals surface area contributed by atoms with Crippen molar-refractivity contribution < 1.29 is 4.79 Å². The van der Waals surface area contributed by atoms with E-state index < -0.39 is 0 Å². The Hall–Kier alpha value is -3.75. The van der Waals surface area contributed by atoms with Gasteiger partial charge < -0.3 is 15.2 Å². The Morgan fingerprint density at radius 2 is 2.00 bits per heavy atom. The molecular weight excluding hydrogens is 509 g/mol. The summed E-state index contributed by atoms with van der Waals surface area (Å²) in [5, 5.41) is 5.10. The summed E-state index contributed by atoms with van der Waals surface area (Å²) in [6.45, 7) is 2.64. The van der Waals surface area contributed by atoms with Gasteiger partial charge in [0.1, 0.15) is 18.0 Å². The first kappa shape index (κ1) is 23.6. The lowest BCUT2D eigenvalue weighted by Crippen LogP contribution is -2.31. The number of amides is 1. The van der Waals surface area contributed by atoms with Crippen molar-refractivity contribution in [1.29, 1.82) is 0 Å². The van der Waals surface area contributed by atoms with Gasteiger partial charge in [0.05, 0.1) is 44.9 Å². The van der Waals surface area contributed by atoms with Crippen LogP contribution in [-0.2, 0) is 0 Å². The molecule has 0 radical (unpaired) electrons. The maximum Gasteiger partial charge on any atom is 0.256 e. The molecule has 6 rings (SSSR count). The van der Waals surface area contributed by atoms with Crippen LogP contribution >= 0.6 is 23.2 Å². The van der Waals surface area contributed by atoms with Gasteiger partial charge in [-0.15, -0.1) is 0 Å². The number of nitrogens with zero attached hydrogens (tertiary/aromatic N) is 5. The summed E-state index contributed by atoms with van der Waals surface area (Å²) in [7, 11) is 0.